The Morgan fingerprint density at radius 3 is 2.56 bits per heavy atom. The topological polar surface area (TPSA) is 55.6 Å². The zero-order valence-corrected chi connectivity index (χ0v) is 14.4. The zero-order valence-electron chi connectivity index (χ0n) is 13.6. The Kier molecular flexibility index (Phi) is 4.76. The van der Waals surface area contributed by atoms with Crippen molar-refractivity contribution in [2.45, 2.75) is 26.6 Å². The van der Waals surface area contributed by atoms with Gasteiger partial charge in [-0.1, -0.05) is 0 Å². The van der Waals surface area contributed by atoms with Crippen molar-refractivity contribution < 1.29 is 13.2 Å². The number of aryl methyl sites for hydroxylation is 2. The molecule has 3 rings (SSSR count). The molecule has 0 saturated carbocycles. The van der Waals surface area contributed by atoms with E-state index in [1.54, 1.807) is 16.9 Å². The Morgan fingerprint density at radius 2 is 1.96 bits per heavy atom. The molecule has 3 aromatic heterocycles. The lowest BCUT2D eigenvalue weighted by Crippen LogP contribution is -2.16. The first-order valence-electron chi connectivity index (χ1n) is 7.58. The fraction of sp³-hybridized carbons (Fsp3) is 0.312. The van der Waals surface area contributed by atoms with Gasteiger partial charge in [0.1, 0.15) is 0 Å². The second kappa shape index (κ2) is 6.83. The van der Waals surface area contributed by atoms with Crippen molar-refractivity contribution in [2.24, 2.45) is 0 Å². The van der Waals surface area contributed by atoms with E-state index in [0.29, 0.717) is 18.0 Å². The van der Waals surface area contributed by atoms with Crippen LogP contribution in [0.2, 0.25) is 0 Å². The summed E-state index contributed by atoms with van der Waals surface area (Å²) in [5, 5.41) is 6.99. The van der Waals surface area contributed by atoms with Gasteiger partial charge in [-0.05, 0) is 38.1 Å². The van der Waals surface area contributed by atoms with Gasteiger partial charge in [-0.2, -0.15) is 18.3 Å². The third-order valence-electron chi connectivity index (χ3n) is 3.55. The first-order chi connectivity index (χ1) is 11.8. The van der Waals surface area contributed by atoms with Crippen LogP contribution in [0.5, 0.6) is 0 Å². The molecule has 5 nitrogen and oxygen atoms in total. The number of hydrogen-bond donors (Lipinski definition) is 1. The minimum atomic E-state index is -4.53. The molecule has 0 spiro atoms. The number of rotatable bonds is 5. The van der Waals surface area contributed by atoms with Crippen LogP contribution in [-0.4, -0.2) is 26.3 Å². The Bertz CT molecular complexity index is 869. The standard InChI is InChI=1S/C16H16F3N5S/c1-10-5-6-21-24(10)8-7-20-15-22-12(13-4-3-11(2)25-13)9-14(23-15)16(17,18)19/h3-6,9H,7-8H2,1-2H3,(H,20,22,23). The van der Waals surface area contributed by atoms with E-state index in [9.17, 15) is 13.2 Å². The van der Waals surface area contributed by atoms with Crippen molar-refractivity contribution in [2.75, 3.05) is 11.9 Å². The molecule has 132 valence electrons. The third kappa shape index (κ3) is 4.16. The Labute approximate surface area is 146 Å². The van der Waals surface area contributed by atoms with Crippen molar-refractivity contribution in [1.82, 2.24) is 19.7 Å². The highest BCUT2D eigenvalue weighted by Crippen LogP contribution is 2.33. The van der Waals surface area contributed by atoms with Crippen LogP contribution in [0.1, 0.15) is 16.3 Å². The molecule has 9 heteroatoms. The van der Waals surface area contributed by atoms with E-state index in [-0.39, 0.29) is 11.6 Å². The van der Waals surface area contributed by atoms with E-state index in [1.165, 1.54) is 11.3 Å². The molecule has 0 aliphatic rings. The summed E-state index contributed by atoms with van der Waals surface area (Å²) in [5.74, 6) is -0.0410. The molecule has 0 aliphatic carbocycles. The smallest absolute Gasteiger partial charge is 0.352 e. The van der Waals surface area contributed by atoms with E-state index in [2.05, 4.69) is 20.4 Å². The predicted octanol–water partition coefficient (Wildman–Crippen LogP) is 4.15. The SMILES string of the molecule is Cc1ccc(-c2cc(C(F)(F)F)nc(NCCn3nccc3C)n2)s1. The van der Waals surface area contributed by atoms with Gasteiger partial charge in [-0.15, -0.1) is 11.3 Å². The van der Waals surface area contributed by atoms with E-state index in [0.717, 1.165) is 16.6 Å². The average Bonchev–Trinajstić information content (AvgIpc) is 3.15. The molecular formula is C16H16F3N5S. The second-order valence-corrected chi connectivity index (χ2v) is 6.78. The number of nitrogens with one attached hydrogen (secondary N) is 1. The molecule has 3 aromatic rings. The Morgan fingerprint density at radius 1 is 1.16 bits per heavy atom. The average molecular weight is 367 g/mol. The molecule has 3 heterocycles. The molecular weight excluding hydrogens is 351 g/mol. The minimum absolute atomic E-state index is 0.0410. The number of halogens is 3. The predicted molar refractivity (Wildman–Crippen MR) is 90.5 cm³/mol. The summed E-state index contributed by atoms with van der Waals surface area (Å²) < 4.78 is 41.2. The summed E-state index contributed by atoms with van der Waals surface area (Å²) in [5.41, 5.74) is 0.279. The summed E-state index contributed by atoms with van der Waals surface area (Å²) >= 11 is 1.39. The molecule has 25 heavy (non-hydrogen) atoms. The van der Waals surface area contributed by atoms with E-state index < -0.39 is 11.9 Å². The Balaban J connectivity index is 1.83. The van der Waals surface area contributed by atoms with Crippen LogP contribution < -0.4 is 5.32 Å². The highest BCUT2D eigenvalue weighted by atomic mass is 32.1. The summed E-state index contributed by atoms with van der Waals surface area (Å²) in [6.45, 7) is 4.68. The monoisotopic (exact) mass is 367 g/mol. The van der Waals surface area contributed by atoms with Crippen LogP contribution in [0.4, 0.5) is 19.1 Å². The van der Waals surface area contributed by atoms with Crippen molar-refractivity contribution in [1.29, 1.82) is 0 Å². The van der Waals surface area contributed by atoms with Crippen LogP contribution in [0.15, 0.2) is 30.5 Å². The van der Waals surface area contributed by atoms with Gasteiger partial charge in [-0.3, -0.25) is 4.68 Å². The van der Waals surface area contributed by atoms with Crippen LogP contribution >= 0.6 is 11.3 Å². The molecule has 0 saturated heterocycles. The number of hydrogen-bond acceptors (Lipinski definition) is 5. The maximum atomic E-state index is 13.1. The van der Waals surface area contributed by atoms with Crippen LogP contribution in [0.3, 0.4) is 0 Å². The minimum Gasteiger partial charge on any atom is -0.352 e. The largest absolute Gasteiger partial charge is 0.433 e. The first-order valence-corrected chi connectivity index (χ1v) is 8.40. The van der Waals surface area contributed by atoms with Gasteiger partial charge >= 0.3 is 6.18 Å². The molecule has 0 fully saturated rings. The van der Waals surface area contributed by atoms with Gasteiger partial charge < -0.3 is 5.32 Å². The molecule has 0 bridgehead atoms. The number of aromatic nitrogens is 4. The van der Waals surface area contributed by atoms with Gasteiger partial charge in [0.05, 0.1) is 17.1 Å². The van der Waals surface area contributed by atoms with Crippen LogP contribution in [0.25, 0.3) is 10.6 Å². The van der Waals surface area contributed by atoms with E-state index in [1.807, 2.05) is 26.0 Å². The summed E-state index contributed by atoms with van der Waals surface area (Å²) in [7, 11) is 0. The zero-order chi connectivity index (χ0) is 18.0. The number of anilines is 1. The van der Waals surface area contributed by atoms with Crippen molar-refractivity contribution >= 4 is 17.3 Å². The van der Waals surface area contributed by atoms with Gasteiger partial charge in [0.2, 0.25) is 5.95 Å². The van der Waals surface area contributed by atoms with Gasteiger partial charge in [0.15, 0.2) is 5.69 Å². The van der Waals surface area contributed by atoms with E-state index >= 15 is 0 Å². The maximum Gasteiger partial charge on any atom is 0.433 e. The van der Waals surface area contributed by atoms with Gasteiger partial charge in [0, 0.05) is 23.3 Å². The summed E-state index contributed by atoms with van der Waals surface area (Å²) in [4.78, 5) is 9.52. The second-order valence-electron chi connectivity index (χ2n) is 5.49. The van der Waals surface area contributed by atoms with Crippen LogP contribution in [-0.2, 0) is 12.7 Å². The van der Waals surface area contributed by atoms with Crippen LogP contribution in [0, 0.1) is 13.8 Å². The molecule has 0 atom stereocenters. The molecule has 0 unspecified atom stereocenters. The molecule has 1 N–H and O–H groups in total. The van der Waals surface area contributed by atoms with Crippen molar-refractivity contribution in [3.05, 3.63) is 46.7 Å². The molecule has 0 aromatic carbocycles. The maximum absolute atomic E-state index is 13.1. The number of alkyl halides is 3. The van der Waals surface area contributed by atoms with Gasteiger partial charge in [0.25, 0.3) is 0 Å². The lowest BCUT2D eigenvalue weighted by atomic mass is 10.2. The fourth-order valence-corrected chi connectivity index (χ4v) is 3.10. The first kappa shape index (κ1) is 17.4. The molecule has 0 amide bonds. The summed E-state index contributed by atoms with van der Waals surface area (Å²) in [6, 6.07) is 6.45. The molecule has 0 radical (unpaired) electrons. The highest BCUT2D eigenvalue weighted by molar-refractivity contribution is 7.15. The Hall–Kier alpha value is -2.42. The quantitative estimate of drug-likeness (QED) is 0.736. The van der Waals surface area contributed by atoms with Gasteiger partial charge in [-0.25, -0.2) is 9.97 Å². The number of thiophene rings is 1. The van der Waals surface area contributed by atoms with Crippen molar-refractivity contribution in [3.63, 3.8) is 0 Å². The highest BCUT2D eigenvalue weighted by Gasteiger charge is 2.34. The lowest BCUT2D eigenvalue weighted by Gasteiger charge is -2.11. The normalized spacial score (nSPS) is 11.7. The fourth-order valence-electron chi connectivity index (χ4n) is 2.28. The summed E-state index contributed by atoms with van der Waals surface area (Å²) in [6.07, 6.45) is -2.85. The number of nitrogens with zero attached hydrogens (tertiary/aromatic N) is 4. The van der Waals surface area contributed by atoms with Crippen molar-refractivity contribution in [3.8, 4) is 10.6 Å². The molecule has 0 aliphatic heterocycles. The lowest BCUT2D eigenvalue weighted by molar-refractivity contribution is -0.141. The van der Waals surface area contributed by atoms with E-state index in [4.69, 9.17) is 0 Å². The third-order valence-corrected chi connectivity index (χ3v) is 4.57.